The fourth-order valence-electron chi connectivity index (χ4n) is 2.46. The van der Waals surface area contributed by atoms with Crippen molar-refractivity contribution < 1.29 is 9.26 Å². The molecule has 112 valence electrons. The maximum atomic E-state index is 5.66. The first-order chi connectivity index (χ1) is 10.3. The van der Waals surface area contributed by atoms with E-state index >= 15 is 0 Å². The van der Waals surface area contributed by atoms with E-state index < -0.39 is 0 Å². The van der Waals surface area contributed by atoms with Crippen molar-refractivity contribution in [2.45, 2.75) is 19.4 Å². The lowest BCUT2D eigenvalue weighted by molar-refractivity contribution is 0.118. The molecule has 0 amide bonds. The molecule has 1 aliphatic rings. The molecule has 3 heterocycles. The SMILES string of the molecule is Brc1cnc(OCC2CCCN(Cc3ncon3)C2)nc1. The Labute approximate surface area is 130 Å². The van der Waals surface area contributed by atoms with Crippen molar-refractivity contribution in [2.75, 3.05) is 19.7 Å². The molecule has 0 spiro atoms. The number of rotatable bonds is 5. The van der Waals surface area contributed by atoms with Gasteiger partial charge in [0.25, 0.3) is 0 Å². The molecule has 1 aliphatic heterocycles. The third-order valence-corrected chi connectivity index (χ3v) is 3.83. The standard InChI is InChI=1S/C13H16BrN5O2/c14-11-4-15-13(16-5-11)20-8-10-2-1-3-19(6-10)7-12-17-9-21-18-12/h4-5,9-10H,1-3,6-8H2. The van der Waals surface area contributed by atoms with Gasteiger partial charge in [-0.15, -0.1) is 0 Å². The summed E-state index contributed by atoms with van der Waals surface area (Å²) in [6, 6.07) is 0.425. The van der Waals surface area contributed by atoms with Gasteiger partial charge in [0.15, 0.2) is 5.82 Å². The second-order valence-electron chi connectivity index (χ2n) is 5.09. The fourth-order valence-corrected chi connectivity index (χ4v) is 2.67. The molecule has 0 radical (unpaired) electrons. The van der Waals surface area contributed by atoms with Gasteiger partial charge >= 0.3 is 6.01 Å². The molecule has 0 saturated carbocycles. The van der Waals surface area contributed by atoms with E-state index in [1.54, 1.807) is 12.4 Å². The Hall–Kier alpha value is -1.54. The summed E-state index contributed by atoms with van der Waals surface area (Å²) < 4.78 is 11.3. The molecule has 2 aromatic rings. The Kier molecular flexibility index (Phi) is 4.76. The third-order valence-electron chi connectivity index (χ3n) is 3.42. The number of ether oxygens (including phenoxy) is 1. The van der Waals surface area contributed by atoms with Crippen molar-refractivity contribution in [3.8, 4) is 6.01 Å². The van der Waals surface area contributed by atoms with Gasteiger partial charge < -0.3 is 9.26 Å². The van der Waals surface area contributed by atoms with Crippen LogP contribution in [-0.4, -0.2) is 44.7 Å². The lowest BCUT2D eigenvalue weighted by atomic mass is 9.99. The molecule has 7 nitrogen and oxygen atoms in total. The average Bonchev–Trinajstić information content (AvgIpc) is 3.00. The first kappa shape index (κ1) is 14.4. The molecular formula is C13H16BrN5O2. The highest BCUT2D eigenvalue weighted by Gasteiger charge is 2.21. The Morgan fingerprint density at radius 1 is 1.33 bits per heavy atom. The van der Waals surface area contributed by atoms with Crippen LogP contribution < -0.4 is 4.74 Å². The highest BCUT2D eigenvalue weighted by atomic mass is 79.9. The number of nitrogens with zero attached hydrogens (tertiary/aromatic N) is 5. The molecule has 1 atom stereocenters. The van der Waals surface area contributed by atoms with Crippen LogP contribution in [0.15, 0.2) is 27.8 Å². The summed E-state index contributed by atoms with van der Waals surface area (Å²) in [7, 11) is 0. The van der Waals surface area contributed by atoms with E-state index in [-0.39, 0.29) is 0 Å². The molecule has 0 bridgehead atoms. The molecule has 1 fully saturated rings. The molecular weight excluding hydrogens is 338 g/mol. The number of hydrogen-bond donors (Lipinski definition) is 0. The molecule has 3 rings (SSSR count). The summed E-state index contributed by atoms with van der Waals surface area (Å²) >= 11 is 3.30. The zero-order valence-electron chi connectivity index (χ0n) is 11.5. The van der Waals surface area contributed by atoms with Crippen molar-refractivity contribution in [1.29, 1.82) is 0 Å². The maximum Gasteiger partial charge on any atom is 0.316 e. The number of likely N-dealkylation sites (tertiary alicyclic amines) is 1. The lowest BCUT2D eigenvalue weighted by Crippen LogP contribution is -2.37. The topological polar surface area (TPSA) is 77.2 Å². The van der Waals surface area contributed by atoms with Crippen molar-refractivity contribution in [3.63, 3.8) is 0 Å². The molecule has 1 saturated heterocycles. The van der Waals surface area contributed by atoms with Crippen LogP contribution in [0.25, 0.3) is 0 Å². The minimum absolute atomic E-state index is 0.425. The van der Waals surface area contributed by atoms with Gasteiger partial charge in [0.1, 0.15) is 0 Å². The van der Waals surface area contributed by atoms with Crippen LogP contribution in [-0.2, 0) is 6.54 Å². The van der Waals surface area contributed by atoms with E-state index in [1.807, 2.05) is 0 Å². The van der Waals surface area contributed by atoms with Gasteiger partial charge in [0, 0.05) is 24.9 Å². The average molecular weight is 354 g/mol. The quantitative estimate of drug-likeness (QED) is 0.812. The normalized spacial score (nSPS) is 19.6. The minimum Gasteiger partial charge on any atom is -0.463 e. The predicted octanol–water partition coefficient (Wildman–Crippen LogP) is 1.91. The summed E-state index contributed by atoms with van der Waals surface area (Å²) in [5.74, 6) is 1.20. The Morgan fingerprint density at radius 3 is 2.95 bits per heavy atom. The minimum atomic E-state index is 0.425. The molecule has 0 aromatic carbocycles. The van der Waals surface area contributed by atoms with Crippen molar-refractivity contribution >= 4 is 15.9 Å². The number of halogens is 1. The zero-order chi connectivity index (χ0) is 14.5. The van der Waals surface area contributed by atoms with Crippen LogP contribution in [0, 0.1) is 5.92 Å². The molecule has 0 aliphatic carbocycles. The van der Waals surface area contributed by atoms with E-state index in [0.717, 1.165) is 42.8 Å². The van der Waals surface area contributed by atoms with Crippen molar-refractivity contribution in [3.05, 3.63) is 29.1 Å². The van der Waals surface area contributed by atoms with Crippen LogP contribution in [0.4, 0.5) is 0 Å². The highest BCUT2D eigenvalue weighted by Crippen LogP contribution is 2.19. The third kappa shape index (κ3) is 4.21. The van der Waals surface area contributed by atoms with Gasteiger partial charge in [-0.3, -0.25) is 4.90 Å². The molecule has 1 unspecified atom stereocenters. The molecule has 2 aromatic heterocycles. The summed E-state index contributed by atoms with van der Waals surface area (Å²) in [6.07, 6.45) is 7.04. The van der Waals surface area contributed by atoms with E-state index in [0.29, 0.717) is 18.5 Å². The second-order valence-corrected chi connectivity index (χ2v) is 6.00. The lowest BCUT2D eigenvalue weighted by Gasteiger charge is -2.31. The second kappa shape index (κ2) is 6.95. The van der Waals surface area contributed by atoms with Gasteiger partial charge in [0.05, 0.1) is 17.6 Å². The predicted molar refractivity (Wildman–Crippen MR) is 77.5 cm³/mol. The summed E-state index contributed by atoms with van der Waals surface area (Å²) in [4.78, 5) is 14.6. The van der Waals surface area contributed by atoms with Gasteiger partial charge in [-0.05, 0) is 35.3 Å². The van der Waals surface area contributed by atoms with Crippen LogP contribution in [0.5, 0.6) is 6.01 Å². The molecule has 8 heteroatoms. The maximum absolute atomic E-state index is 5.66. The number of piperidine rings is 1. The Morgan fingerprint density at radius 2 is 2.19 bits per heavy atom. The van der Waals surface area contributed by atoms with Crippen LogP contribution >= 0.6 is 15.9 Å². The van der Waals surface area contributed by atoms with Gasteiger partial charge in [-0.2, -0.15) is 4.98 Å². The molecule has 0 N–H and O–H groups in total. The largest absolute Gasteiger partial charge is 0.463 e. The highest BCUT2D eigenvalue weighted by molar-refractivity contribution is 9.10. The van der Waals surface area contributed by atoms with E-state index in [9.17, 15) is 0 Å². The first-order valence-electron chi connectivity index (χ1n) is 6.87. The Balaban J connectivity index is 1.48. The van der Waals surface area contributed by atoms with Crippen LogP contribution in [0.1, 0.15) is 18.7 Å². The monoisotopic (exact) mass is 353 g/mol. The molecule has 21 heavy (non-hydrogen) atoms. The summed E-state index contributed by atoms with van der Waals surface area (Å²) in [5, 5.41) is 3.85. The van der Waals surface area contributed by atoms with Crippen LogP contribution in [0.2, 0.25) is 0 Å². The number of aromatic nitrogens is 4. The summed E-state index contributed by atoms with van der Waals surface area (Å²) in [6.45, 7) is 3.37. The zero-order valence-corrected chi connectivity index (χ0v) is 13.1. The van der Waals surface area contributed by atoms with Crippen LogP contribution in [0.3, 0.4) is 0 Å². The summed E-state index contributed by atoms with van der Waals surface area (Å²) in [5.41, 5.74) is 0. The van der Waals surface area contributed by atoms with Crippen molar-refractivity contribution in [1.82, 2.24) is 25.0 Å². The Bertz CT molecular complexity index is 548. The number of hydrogen-bond acceptors (Lipinski definition) is 7. The van der Waals surface area contributed by atoms with E-state index in [4.69, 9.17) is 9.26 Å². The first-order valence-corrected chi connectivity index (χ1v) is 7.67. The van der Waals surface area contributed by atoms with Gasteiger partial charge in [0.2, 0.25) is 6.39 Å². The smallest absolute Gasteiger partial charge is 0.316 e. The van der Waals surface area contributed by atoms with E-state index in [1.165, 1.54) is 6.39 Å². The van der Waals surface area contributed by atoms with Gasteiger partial charge in [-0.25, -0.2) is 9.97 Å². The van der Waals surface area contributed by atoms with Gasteiger partial charge in [-0.1, -0.05) is 5.16 Å². The fraction of sp³-hybridized carbons (Fsp3) is 0.538. The van der Waals surface area contributed by atoms with E-state index in [2.05, 4.69) is 40.9 Å². The van der Waals surface area contributed by atoms with Crippen molar-refractivity contribution in [2.24, 2.45) is 5.92 Å².